The molecule has 0 radical (unpaired) electrons. The molecule has 0 bridgehead atoms. The van der Waals surface area contributed by atoms with Crippen molar-refractivity contribution in [3.05, 3.63) is 70.5 Å². The highest BCUT2D eigenvalue weighted by Crippen LogP contribution is 2.39. The normalized spacial score (nSPS) is 22.9. The van der Waals surface area contributed by atoms with Crippen molar-refractivity contribution in [3.8, 4) is 0 Å². The lowest BCUT2D eigenvalue weighted by molar-refractivity contribution is -0.128. The van der Waals surface area contributed by atoms with Gasteiger partial charge in [0, 0.05) is 55.2 Å². The molecule has 0 unspecified atom stereocenters. The number of carbonyl (C=O) groups excluding carboxylic acids is 3. The molecule has 0 aliphatic carbocycles. The van der Waals surface area contributed by atoms with Gasteiger partial charge < -0.3 is 19.7 Å². The second kappa shape index (κ2) is 10.8. The van der Waals surface area contributed by atoms with Gasteiger partial charge in [-0.05, 0) is 49.2 Å². The maximum absolute atomic E-state index is 14.0. The van der Waals surface area contributed by atoms with Crippen LogP contribution in [0.4, 0.5) is 4.39 Å². The van der Waals surface area contributed by atoms with Crippen LogP contribution < -0.4 is 5.32 Å². The molecule has 3 amide bonds. The molecular weight excluding hydrogens is 501 g/mol. The van der Waals surface area contributed by atoms with Gasteiger partial charge in [-0.3, -0.25) is 19.3 Å². The molecule has 8 nitrogen and oxygen atoms in total. The summed E-state index contributed by atoms with van der Waals surface area (Å²) < 4.78 is 25.8. The fourth-order valence-corrected chi connectivity index (χ4v) is 5.52. The third-order valence-corrected chi connectivity index (χ3v) is 7.52. The summed E-state index contributed by atoms with van der Waals surface area (Å²) in [5.41, 5.74) is -0.463. The number of hydrogen-bond acceptors (Lipinski definition) is 5. The Kier molecular flexibility index (Phi) is 7.46. The van der Waals surface area contributed by atoms with Crippen LogP contribution in [0.2, 0.25) is 5.02 Å². The van der Waals surface area contributed by atoms with Crippen LogP contribution in [0.15, 0.2) is 48.5 Å². The number of carbonyl (C=O) groups is 3. The van der Waals surface area contributed by atoms with Crippen molar-refractivity contribution in [1.82, 2.24) is 15.1 Å². The van der Waals surface area contributed by atoms with Crippen LogP contribution in [-0.2, 0) is 14.3 Å². The molecule has 3 saturated heterocycles. The smallest absolute Gasteiger partial charge is 0.256 e. The van der Waals surface area contributed by atoms with Gasteiger partial charge in [0.25, 0.3) is 11.8 Å². The van der Waals surface area contributed by atoms with Gasteiger partial charge in [-0.1, -0.05) is 23.7 Å². The van der Waals surface area contributed by atoms with E-state index < -0.39 is 23.5 Å². The largest absolute Gasteiger partial charge is 0.376 e. The zero-order chi connectivity index (χ0) is 26.0. The maximum Gasteiger partial charge on any atom is 0.256 e. The molecule has 0 aromatic heterocycles. The molecule has 3 aliphatic rings. The van der Waals surface area contributed by atoms with Crippen molar-refractivity contribution >= 4 is 29.3 Å². The van der Waals surface area contributed by atoms with E-state index in [-0.39, 0.29) is 30.1 Å². The van der Waals surface area contributed by atoms with E-state index in [1.165, 1.54) is 23.1 Å². The zero-order valence-corrected chi connectivity index (χ0v) is 21.1. The number of hydrogen-bond donors (Lipinski definition) is 1. The maximum atomic E-state index is 14.0. The monoisotopic (exact) mass is 529 g/mol. The first kappa shape index (κ1) is 25.6. The Labute approximate surface area is 219 Å². The molecule has 3 heterocycles. The number of nitrogens with one attached hydrogen (secondary N) is 1. The van der Waals surface area contributed by atoms with Gasteiger partial charge >= 0.3 is 0 Å². The highest BCUT2D eigenvalue weighted by atomic mass is 35.5. The van der Waals surface area contributed by atoms with Gasteiger partial charge in [0.05, 0.1) is 12.7 Å². The summed E-state index contributed by atoms with van der Waals surface area (Å²) in [5, 5.41) is 3.38. The van der Waals surface area contributed by atoms with Crippen LogP contribution in [0.5, 0.6) is 0 Å². The molecule has 10 heteroatoms. The summed E-state index contributed by atoms with van der Waals surface area (Å²) in [6, 6.07) is 11.3. The van der Waals surface area contributed by atoms with Gasteiger partial charge in [-0.2, -0.15) is 0 Å². The third-order valence-electron chi connectivity index (χ3n) is 7.29. The summed E-state index contributed by atoms with van der Waals surface area (Å²) in [6.07, 6.45) is 2.40. The summed E-state index contributed by atoms with van der Waals surface area (Å²) in [4.78, 5) is 43.1. The van der Waals surface area contributed by atoms with Crippen molar-refractivity contribution < 1.29 is 28.2 Å². The first-order chi connectivity index (χ1) is 17.9. The molecule has 37 heavy (non-hydrogen) atoms. The van der Waals surface area contributed by atoms with E-state index in [2.05, 4.69) is 5.32 Å². The predicted molar refractivity (Wildman–Crippen MR) is 134 cm³/mol. The van der Waals surface area contributed by atoms with Crippen LogP contribution in [0.25, 0.3) is 0 Å². The molecule has 2 aromatic rings. The quantitative estimate of drug-likeness (QED) is 0.642. The second-order valence-electron chi connectivity index (χ2n) is 9.64. The summed E-state index contributed by atoms with van der Waals surface area (Å²) in [5.74, 6) is -1.52. The van der Waals surface area contributed by atoms with Gasteiger partial charge in [-0.25, -0.2) is 4.39 Å². The van der Waals surface area contributed by atoms with E-state index in [1.807, 2.05) is 0 Å². The second-order valence-corrected chi connectivity index (χ2v) is 10.1. The van der Waals surface area contributed by atoms with Crippen LogP contribution in [-0.4, -0.2) is 78.2 Å². The first-order valence-electron chi connectivity index (χ1n) is 12.5. The number of rotatable bonds is 5. The van der Waals surface area contributed by atoms with Crippen molar-refractivity contribution in [2.75, 3.05) is 32.8 Å². The molecule has 5 rings (SSSR count). The van der Waals surface area contributed by atoms with E-state index in [0.29, 0.717) is 49.7 Å². The molecule has 3 aliphatic heterocycles. The van der Waals surface area contributed by atoms with E-state index in [1.54, 1.807) is 29.2 Å². The lowest BCUT2D eigenvalue weighted by Gasteiger charge is -2.44. The van der Waals surface area contributed by atoms with E-state index >= 15 is 0 Å². The number of benzene rings is 2. The molecular formula is C27H29ClFN3O5. The molecule has 0 saturated carbocycles. The lowest BCUT2D eigenvalue weighted by atomic mass is 9.96. The fourth-order valence-electron chi connectivity index (χ4n) is 5.33. The number of piperidine rings is 1. The third kappa shape index (κ3) is 5.35. The number of amides is 3. The Morgan fingerprint density at radius 3 is 2.46 bits per heavy atom. The van der Waals surface area contributed by atoms with Crippen LogP contribution in [0, 0.1) is 5.82 Å². The topological polar surface area (TPSA) is 88.2 Å². The number of ether oxygens (including phenoxy) is 2. The van der Waals surface area contributed by atoms with Gasteiger partial charge in [0.1, 0.15) is 17.6 Å². The van der Waals surface area contributed by atoms with E-state index in [0.717, 1.165) is 18.9 Å². The molecule has 1 spiro atoms. The van der Waals surface area contributed by atoms with E-state index in [4.69, 9.17) is 21.1 Å². The average molecular weight is 530 g/mol. The minimum absolute atomic E-state index is 0.0145. The van der Waals surface area contributed by atoms with Gasteiger partial charge in [0.15, 0.2) is 0 Å². The average Bonchev–Trinajstić information content (AvgIpc) is 3.55. The van der Waals surface area contributed by atoms with Crippen molar-refractivity contribution in [1.29, 1.82) is 0 Å². The highest BCUT2D eigenvalue weighted by Gasteiger charge is 2.54. The fraction of sp³-hybridized carbons (Fsp3) is 0.444. The Bertz CT molecular complexity index is 1180. The Morgan fingerprint density at radius 1 is 1.05 bits per heavy atom. The zero-order valence-electron chi connectivity index (χ0n) is 20.3. The SMILES string of the molecule is O=C(NC[C@@H]1CCCO1)[C@@H]1COC2(CCN(C(=O)c3cccc(Cl)c3)CC2)N1C(=O)c1cccc(F)c1. The molecule has 3 fully saturated rings. The van der Waals surface area contributed by atoms with Crippen LogP contribution in [0.1, 0.15) is 46.4 Å². The van der Waals surface area contributed by atoms with Crippen molar-refractivity contribution in [3.63, 3.8) is 0 Å². The van der Waals surface area contributed by atoms with Crippen LogP contribution >= 0.6 is 11.6 Å². The molecule has 1 N–H and O–H groups in total. The Balaban J connectivity index is 1.35. The van der Waals surface area contributed by atoms with Crippen molar-refractivity contribution in [2.24, 2.45) is 0 Å². The summed E-state index contributed by atoms with van der Waals surface area (Å²) in [6.45, 7) is 1.68. The summed E-state index contributed by atoms with van der Waals surface area (Å²) in [7, 11) is 0. The van der Waals surface area contributed by atoms with Gasteiger partial charge in [-0.15, -0.1) is 0 Å². The molecule has 2 aromatic carbocycles. The first-order valence-corrected chi connectivity index (χ1v) is 12.9. The van der Waals surface area contributed by atoms with Crippen LogP contribution in [0.3, 0.4) is 0 Å². The number of halogens is 2. The summed E-state index contributed by atoms with van der Waals surface area (Å²) >= 11 is 6.06. The minimum atomic E-state index is -1.08. The van der Waals surface area contributed by atoms with E-state index in [9.17, 15) is 18.8 Å². The predicted octanol–water partition coefficient (Wildman–Crippen LogP) is 3.25. The number of likely N-dealkylation sites (tertiary alicyclic amines) is 1. The Hall–Kier alpha value is -3.01. The molecule has 196 valence electrons. The number of nitrogens with zero attached hydrogens (tertiary/aromatic N) is 2. The minimum Gasteiger partial charge on any atom is -0.376 e. The lowest BCUT2D eigenvalue weighted by Crippen LogP contribution is -2.60. The van der Waals surface area contributed by atoms with Gasteiger partial charge in [0.2, 0.25) is 5.91 Å². The standard InChI is InChI=1S/C27H29ClFN3O5/c28-20-6-1-4-18(14-20)25(34)31-11-9-27(10-12-31)32(26(35)19-5-2-7-21(29)15-19)23(17-37-27)24(33)30-16-22-8-3-13-36-22/h1-2,4-7,14-15,22-23H,3,8-13,16-17H2,(H,30,33)/t22-,23-/m0/s1. The Morgan fingerprint density at radius 2 is 1.78 bits per heavy atom. The highest BCUT2D eigenvalue weighted by molar-refractivity contribution is 6.30. The molecule has 2 atom stereocenters. The van der Waals surface area contributed by atoms with Crippen molar-refractivity contribution in [2.45, 2.75) is 43.6 Å².